The van der Waals surface area contributed by atoms with Crippen molar-refractivity contribution < 1.29 is 4.92 Å². The van der Waals surface area contributed by atoms with Crippen molar-refractivity contribution in [1.82, 2.24) is 9.55 Å². The molecular weight excluding hydrogens is 270 g/mol. The summed E-state index contributed by atoms with van der Waals surface area (Å²) in [5, 5.41) is 10.7. The van der Waals surface area contributed by atoms with E-state index in [1.807, 2.05) is 6.92 Å². The van der Waals surface area contributed by atoms with E-state index in [-0.39, 0.29) is 17.3 Å². The molecule has 108 valence electrons. The lowest BCUT2D eigenvalue weighted by Crippen LogP contribution is -2.30. The molecule has 1 aliphatic heterocycles. The van der Waals surface area contributed by atoms with Gasteiger partial charge >= 0.3 is 0 Å². The summed E-state index contributed by atoms with van der Waals surface area (Å²) in [7, 11) is 0. The lowest BCUT2D eigenvalue weighted by Gasteiger charge is -2.24. The van der Waals surface area contributed by atoms with E-state index >= 15 is 0 Å². The zero-order chi connectivity index (χ0) is 15.0. The van der Waals surface area contributed by atoms with Crippen LogP contribution in [0.5, 0.6) is 0 Å². The van der Waals surface area contributed by atoms with E-state index in [0.717, 1.165) is 30.7 Å². The van der Waals surface area contributed by atoms with Gasteiger partial charge in [-0.15, -0.1) is 0 Å². The average molecular weight is 285 g/mol. The molecule has 0 saturated heterocycles. The van der Waals surface area contributed by atoms with E-state index in [4.69, 9.17) is 0 Å². The molecule has 1 aromatic heterocycles. The highest BCUT2D eigenvalue weighted by Crippen LogP contribution is 2.24. The quantitative estimate of drug-likeness (QED) is 0.627. The number of nitrogens with zero attached hydrogens (tertiary/aromatic N) is 3. The van der Waals surface area contributed by atoms with Crippen LogP contribution in [0.15, 0.2) is 35.1 Å². The highest BCUT2D eigenvalue weighted by molar-refractivity contribution is 5.60. The molecule has 0 unspecified atom stereocenters. The molecule has 0 aliphatic carbocycles. The van der Waals surface area contributed by atoms with Crippen molar-refractivity contribution in [3.63, 3.8) is 0 Å². The summed E-state index contributed by atoms with van der Waals surface area (Å²) >= 11 is 0. The van der Waals surface area contributed by atoms with Crippen LogP contribution in [0.1, 0.15) is 31.6 Å². The van der Waals surface area contributed by atoms with Gasteiger partial charge in [-0.25, -0.2) is 4.98 Å². The van der Waals surface area contributed by atoms with E-state index in [2.05, 4.69) is 4.98 Å². The molecule has 0 N–H and O–H groups in total. The van der Waals surface area contributed by atoms with Gasteiger partial charge in [0, 0.05) is 36.2 Å². The summed E-state index contributed by atoms with van der Waals surface area (Å²) in [6.07, 6.45) is 2.81. The van der Waals surface area contributed by atoms with Crippen molar-refractivity contribution in [2.24, 2.45) is 0 Å². The zero-order valence-corrected chi connectivity index (χ0v) is 11.7. The van der Waals surface area contributed by atoms with Crippen LogP contribution >= 0.6 is 0 Å². The molecule has 1 atom stereocenters. The van der Waals surface area contributed by atoms with Gasteiger partial charge in [-0.3, -0.25) is 19.5 Å². The van der Waals surface area contributed by atoms with Crippen LogP contribution in [-0.4, -0.2) is 14.5 Å². The second-order valence-corrected chi connectivity index (χ2v) is 5.31. The van der Waals surface area contributed by atoms with E-state index < -0.39 is 4.92 Å². The minimum Gasteiger partial charge on any atom is -0.294 e. The van der Waals surface area contributed by atoms with Crippen LogP contribution in [-0.2, 0) is 6.42 Å². The van der Waals surface area contributed by atoms with Gasteiger partial charge < -0.3 is 0 Å². The third-order valence-corrected chi connectivity index (χ3v) is 3.86. The Kier molecular flexibility index (Phi) is 3.29. The van der Waals surface area contributed by atoms with Crippen LogP contribution in [0.3, 0.4) is 0 Å². The van der Waals surface area contributed by atoms with Gasteiger partial charge in [0.25, 0.3) is 11.2 Å². The smallest absolute Gasteiger partial charge is 0.269 e. The van der Waals surface area contributed by atoms with Gasteiger partial charge in [0.05, 0.1) is 10.6 Å². The Balaban J connectivity index is 2.05. The number of aryl methyl sites for hydroxylation is 1. The van der Waals surface area contributed by atoms with Crippen molar-refractivity contribution >= 4 is 5.69 Å². The fourth-order valence-corrected chi connectivity index (χ4v) is 2.77. The third kappa shape index (κ3) is 2.44. The Morgan fingerprint density at radius 1 is 1.33 bits per heavy atom. The molecule has 6 nitrogen and oxygen atoms in total. The molecular formula is C15H15N3O3. The largest absolute Gasteiger partial charge is 0.294 e. The molecule has 1 aromatic carbocycles. The van der Waals surface area contributed by atoms with Crippen LogP contribution in [0, 0.1) is 10.1 Å². The van der Waals surface area contributed by atoms with E-state index in [9.17, 15) is 14.9 Å². The van der Waals surface area contributed by atoms with Gasteiger partial charge in [-0.1, -0.05) is 0 Å². The summed E-state index contributed by atoms with van der Waals surface area (Å²) in [5.41, 5.74) is 1.28. The molecule has 6 heteroatoms. The summed E-state index contributed by atoms with van der Waals surface area (Å²) < 4.78 is 1.75. The summed E-state index contributed by atoms with van der Waals surface area (Å²) in [5.74, 6) is 0.801. The molecule has 3 rings (SSSR count). The maximum absolute atomic E-state index is 12.3. The molecule has 1 aliphatic rings. The second kappa shape index (κ2) is 5.12. The van der Waals surface area contributed by atoms with Crippen LogP contribution in [0.4, 0.5) is 5.69 Å². The first-order chi connectivity index (χ1) is 10.1. The van der Waals surface area contributed by atoms with Gasteiger partial charge in [-0.2, -0.15) is 0 Å². The molecule has 2 aromatic rings. The average Bonchev–Trinajstić information content (AvgIpc) is 2.47. The predicted octanol–water partition coefficient (Wildman–Crippen LogP) is 2.72. The maximum atomic E-state index is 12.3. The lowest BCUT2D eigenvalue weighted by atomic mass is 10.0. The summed E-state index contributed by atoms with van der Waals surface area (Å²) in [4.78, 5) is 27.0. The molecule has 0 spiro atoms. The van der Waals surface area contributed by atoms with Crippen molar-refractivity contribution in [3.05, 3.63) is 56.6 Å². The summed E-state index contributed by atoms with van der Waals surface area (Å²) in [6.45, 7) is 2.03. The number of aromatic nitrogens is 2. The zero-order valence-electron chi connectivity index (χ0n) is 11.7. The molecule has 0 bridgehead atoms. The van der Waals surface area contributed by atoms with E-state index in [1.54, 1.807) is 16.7 Å². The minimum absolute atomic E-state index is 0.0297. The Morgan fingerprint density at radius 2 is 2.05 bits per heavy atom. The molecule has 0 fully saturated rings. The van der Waals surface area contributed by atoms with Gasteiger partial charge in [0.2, 0.25) is 0 Å². The Hall–Kier alpha value is -2.50. The third-order valence-electron chi connectivity index (χ3n) is 3.86. The molecule has 0 saturated carbocycles. The predicted molar refractivity (Wildman–Crippen MR) is 78.2 cm³/mol. The van der Waals surface area contributed by atoms with Crippen molar-refractivity contribution in [3.8, 4) is 11.3 Å². The number of hydrogen-bond donors (Lipinski definition) is 0. The van der Waals surface area contributed by atoms with E-state index in [1.165, 1.54) is 18.2 Å². The molecule has 0 amide bonds. The molecule has 21 heavy (non-hydrogen) atoms. The summed E-state index contributed by atoms with van der Waals surface area (Å²) in [6, 6.07) is 7.80. The first-order valence-electron chi connectivity index (χ1n) is 6.93. The van der Waals surface area contributed by atoms with E-state index in [0.29, 0.717) is 5.69 Å². The highest BCUT2D eigenvalue weighted by Gasteiger charge is 2.19. The SMILES string of the molecule is C[C@@H]1CCCc2nc(-c3ccc([N+](=O)[O-])cc3)cc(=O)n21. The Labute approximate surface area is 121 Å². The van der Waals surface area contributed by atoms with Crippen LogP contribution in [0.2, 0.25) is 0 Å². The topological polar surface area (TPSA) is 78.0 Å². The fraction of sp³-hybridized carbons (Fsp3) is 0.333. The van der Waals surface area contributed by atoms with Gasteiger partial charge in [0.1, 0.15) is 5.82 Å². The van der Waals surface area contributed by atoms with Gasteiger partial charge in [0.15, 0.2) is 0 Å². The number of nitro groups is 1. The van der Waals surface area contributed by atoms with Crippen molar-refractivity contribution in [2.75, 3.05) is 0 Å². The van der Waals surface area contributed by atoms with Crippen molar-refractivity contribution in [2.45, 2.75) is 32.2 Å². The number of non-ortho nitro benzene ring substituents is 1. The monoisotopic (exact) mass is 285 g/mol. The normalized spacial score (nSPS) is 17.3. The number of fused-ring (bicyclic) bond motifs is 1. The first kappa shape index (κ1) is 13.5. The first-order valence-corrected chi connectivity index (χ1v) is 6.93. The van der Waals surface area contributed by atoms with Crippen LogP contribution in [0.25, 0.3) is 11.3 Å². The lowest BCUT2D eigenvalue weighted by molar-refractivity contribution is -0.384. The van der Waals surface area contributed by atoms with Crippen molar-refractivity contribution in [1.29, 1.82) is 0 Å². The molecule has 0 radical (unpaired) electrons. The highest BCUT2D eigenvalue weighted by atomic mass is 16.6. The second-order valence-electron chi connectivity index (χ2n) is 5.31. The standard InChI is InChI=1S/C15H15N3O3/c1-10-3-2-4-14-16-13(9-15(19)17(10)14)11-5-7-12(8-6-11)18(20)21/h5-10H,2-4H2,1H3/t10-/m1/s1. The number of rotatable bonds is 2. The van der Waals surface area contributed by atoms with Crippen LogP contribution < -0.4 is 5.56 Å². The Morgan fingerprint density at radius 3 is 2.71 bits per heavy atom. The maximum Gasteiger partial charge on any atom is 0.269 e. The van der Waals surface area contributed by atoms with Gasteiger partial charge in [-0.05, 0) is 31.9 Å². The number of nitro benzene ring substituents is 1. The molecule has 2 heterocycles. The Bertz CT molecular complexity index is 750. The number of benzene rings is 1. The number of hydrogen-bond acceptors (Lipinski definition) is 4. The fourth-order valence-electron chi connectivity index (χ4n) is 2.77. The minimum atomic E-state index is -0.444.